The van der Waals surface area contributed by atoms with E-state index in [-0.39, 0.29) is 17.7 Å². The highest BCUT2D eigenvalue weighted by atomic mass is 19.2. The highest BCUT2D eigenvalue weighted by molar-refractivity contribution is 5.99. The standard InChI is InChI=1S/C31H22F6N2O3/c1-15-9-16(2)29-26(10-15)39(30(40)21-7-4-18(33)12-24(21)36)28(38-29)14-27(20-6-3-17(32)11-23(20)35)42-31(41)22-8-5-19(34)13-25(22)37/h3-8,11-16H,9-10H2,1-2H3/b27-14-. The van der Waals surface area contributed by atoms with Gasteiger partial charge in [-0.05, 0) is 55.2 Å². The zero-order valence-corrected chi connectivity index (χ0v) is 22.2. The van der Waals surface area contributed by atoms with Crippen LogP contribution in [-0.2, 0) is 11.2 Å². The van der Waals surface area contributed by atoms with E-state index >= 15 is 0 Å². The second kappa shape index (κ2) is 11.3. The van der Waals surface area contributed by atoms with E-state index < -0.39 is 69.2 Å². The van der Waals surface area contributed by atoms with E-state index in [1.54, 1.807) is 0 Å². The van der Waals surface area contributed by atoms with Gasteiger partial charge in [0.2, 0.25) is 0 Å². The molecule has 1 aliphatic rings. The first-order valence-corrected chi connectivity index (χ1v) is 12.9. The van der Waals surface area contributed by atoms with Crippen molar-refractivity contribution in [1.82, 2.24) is 9.55 Å². The molecule has 2 atom stereocenters. The average Bonchev–Trinajstić information content (AvgIpc) is 3.26. The summed E-state index contributed by atoms with van der Waals surface area (Å²) in [6, 6.07) is 6.92. The molecule has 0 radical (unpaired) electrons. The van der Waals surface area contributed by atoms with Crippen LogP contribution in [0.2, 0.25) is 0 Å². The predicted octanol–water partition coefficient (Wildman–Crippen LogP) is 7.45. The lowest BCUT2D eigenvalue weighted by atomic mass is 9.84. The summed E-state index contributed by atoms with van der Waals surface area (Å²) in [6.45, 7) is 3.83. The van der Waals surface area contributed by atoms with Crippen molar-refractivity contribution in [2.24, 2.45) is 5.92 Å². The molecule has 3 aromatic carbocycles. The summed E-state index contributed by atoms with van der Waals surface area (Å²) in [7, 11) is 0. The summed E-state index contributed by atoms with van der Waals surface area (Å²) < 4.78 is 91.2. The summed E-state index contributed by atoms with van der Waals surface area (Å²) in [5, 5.41) is 0. The first kappa shape index (κ1) is 28.8. The molecule has 0 spiro atoms. The minimum atomic E-state index is -1.34. The van der Waals surface area contributed by atoms with Gasteiger partial charge in [0.25, 0.3) is 5.91 Å². The number of halogens is 6. The third-order valence-corrected chi connectivity index (χ3v) is 6.97. The molecule has 0 bridgehead atoms. The molecule has 5 rings (SSSR count). The van der Waals surface area contributed by atoms with Crippen LogP contribution in [0.1, 0.15) is 69.7 Å². The summed E-state index contributed by atoms with van der Waals surface area (Å²) >= 11 is 0. The van der Waals surface area contributed by atoms with Gasteiger partial charge in [-0.3, -0.25) is 9.36 Å². The van der Waals surface area contributed by atoms with Gasteiger partial charge in [-0.2, -0.15) is 0 Å². The Morgan fingerprint density at radius 1 is 0.810 bits per heavy atom. The minimum absolute atomic E-state index is 0.0962. The van der Waals surface area contributed by atoms with Crippen molar-refractivity contribution in [2.75, 3.05) is 0 Å². The SMILES string of the molecule is CC1Cc2c(nc(/C=C(\OC(=O)c3ccc(F)cc3F)c3ccc(F)cc3F)n2C(=O)c2ccc(F)cc2F)C(C)C1. The van der Waals surface area contributed by atoms with Crippen molar-refractivity contribution in [3.8, 4) is 0 Å². The van der Waals surface area contributed by atoms with Crippen LogP contribution in [-0.4, -0.2) is 21.4 Å². The number of esters is 1. The topological polar surface area (TPSA) is 61.2 Å². The van der Waals surface area contributed by atoms with Gasteiger partial charge in [-0.25, -0.2) is 36.1 Å². The lowest BCUT2D eigenvalue weighted by Crippen LogP contribution is -2.23. The van der Waals surface area contributed by atoms with E-state index in [0.717, 1.165) is 47.0 Å². The van der Waals surface area contributed by atoms with Gasteiger partial charge in [-0.1, -0.05) is 13.8 Å². The number of aromatic nitrogens is 2. The van der Waals surface area contributed by atoms with Gasteiger partial charge in [0, 0.05) is 35.9 Å². The minimum Gasteiger partial charge on any atom is -0.422 e. The second-order valence-electron chi connectivity index (χ2n) is 10.2. The third-order valence-electron chi connectivity index (χ3n) is 6.97. The van der Waals surface area contributed by atoms with Crippen molar-refractivity contribution in [1.29, 1.82) is 0 Å². The molecule has 0 aliphatic heterocycles. The lowest BCUT2D eigenvalue weighted by Gasteiger charge is -2.24. The van der Waals surface area contributed by atoms with Crippen LogP contribution in [0, 0.1) is 40.8 Å². The first-order chi connectivity index (χ1) is 19.9. The molecule has 2 unspecified atom stereocenters. The van der Waals surface area contributed by atoms with Crippen molar-refractivity contribution in [3.63, 3.8) is 0 Å². The van der Waals surface area contributed by atoms with Crippen molar-refractivity contribution < 1.29 is 40.7 Å². The van der Waals surface area contributed by atoms with Crippen LogP contribution in [0.15, 0.2) is 54.6 Å². The van der Waals surface area contributed by atoms with Crippen LogP contribution in [0.25, 0.3) is 11.8 Å². The normalized spacial score (nSPS) is 16.7. The maximum absolute atomic E-state index is 15.0. The highest BCUT2D eigenvalue weighted by Crippen LogP contribution is 2.36. The zero-order valence-electron chi connectivity index (χ0n) is 22.2. The van der Waals surface area contributed by atoms with E-state index in [1.165, 1.54) is 0 Å². The summed E-state index contributed by atoms with van der Waals surface area (Å²) in [5.74, 6) is -9.41. The zero-order chi connectivity index (χ0) is 30.3. The molecule has 0 saturated heterocycles. The number of benzene rings is 3. The molecule has 216 valence electrons. The Balaban J connectivity index is 1.71. The monoisotopic (exact) mass is 584 g/mol. The van der Waals surface area contributed by atoms with Crippen LogP contribution < -0.4 is 0 Å². The molecule has 1 aromatic heterocycles. The van der Waals surface area contributed by atoms with Gasteiger partial charge in [0.1, 0.15) is 46.5 Å². The number of fused-ring (bicyclic) bond motifs is 1. The number of imidazole rings is 1. The molecule has 1 heterocycles. The molecule has 0 saturated carbocycles. The van der Waals surface area contributed by atoms with Crippen LogP contribution >= 0.6 is 0 Å². The number of nitrogens with zero attached hydrogens (tertiary/aromatic N) is 2. The molecule has 42 heavy (non-hydrogen) atoms. The second-order valence-corrected chi connectivity index (χ2v) is 10.2. The number of hydrogen-bond donors (Lipinski definition) is 0. The third kappa shape index (κ3) is 5.59. The van der Waals surface area contributed by atoms with E-state index in [9.17, 15) is 35.9 Å². The van der Waals surface area contributed by atoms with Crippen LogP contribution in [0.4, 0.5) is 26.3 Å². The number of hydrogen-bond acceptors (Lipinski definition) is 4. The van der Waals surface area contributed by atoms with Crippen molar-refractivity contribution in [2.45, 2.75) is 32.6 Å². The Labute approximate surface area is 236 Å². The quantitative estimate of drug-likeness (QED) is 0.139. The van der Waals surface area contributed by atoms with Crippen LogP contribution in [0.3, 0.4) is 0 Å². The van der Waals surface area contributed by atoms with Gasteiger partial charge < -0.3 is 4.74 Å². The largest absolute Gasteiger partial charge is 0.422 e. The Bertz CT molecular complexity index is 1760. The van der Waals surface area contributed by atoms with Gasteiger partial charge in [0.15, 0.2) is 0 Å². The molecule has 1 aliphatic carbocycles. The molecule has 0 N–H and O–H groups in total. The number of carbonyl (C=O) groups is 2. The predicted molar refractivity (Wildman–Crippen MR) is 140 cm³/mol. The number of ether oxygens (including phenoxy) is 1. The van der Waals surface area contributed by atoms with Crippen molar-refractivity contribution in [3.05, 3.63) is 123 Å². The van der Waals surface area contributed by atoms with E-state index in [4.69, 9.17) is 4.74 Å². The average molecular weight is 585 g/mol. The highest BCUT2D eigenvalue weighted by Gasteiger charge is 2.32. The maximum Gasteiger partial charge on any atom is 0.346 e. The number of rotatable bonds is 5. The number of carbonyl (C=O) groups excluding carboxylic acids is 2. The Morgan fingerprint density at radius 2 is 1.33 bits per heavy atom. The van der Waals surface area contributed by atoms with Crippen molar-refractivity contribution >= 4 is 23.7 Å². The maximum atomic E-state index is 15.0. The first-order valence-electron chi connectivity index (χ1n) is 12.9. The summed E-state index contributed by atoms with van der Waals surface area (Å²) in [4.78, 5) is 31.2. The molecular formula is C31H22F6N2O3. The Hall–Kier alpha value is -4.67. The van der Waals surface area contributed by atoms with Gasteiger partial charge in [-0.15, -0.1) is 0 Å². The van der Waals surface area contributed by atoms with E-state index in [0.29, 0.717) is 42.4 Å². The summed E-state index contributed by atoms with van der Waals surface area (Å²) in [6.07, 6.45) is 2.09. The summed E-state index contributed by atoms with van der Waals surface area (Å²) in [5.41, 5.74) is -0.681. The fourth-order valence-electron chi connectivity index (χ4n) is 5.10. The van der Waals surface area contributed by atoms with Crippen LogP contribution in [0.5, 0.6) is 0 Å². The van der Waals surface area contributed by atoms with Gasteiger partial charge in [0.05, 0.1) is 22.4 Å². The van der Waals surface area contributed by atoms with E-state index in [1.807, 2.05) is 13.8 Å². The molecule has 0 fully saturated rings. The molecule has 0 amide bonds. The Kier molecular flexibility index (Phi) is 7.77. The molecular weight excluding hydrogens is 562 g/mol. The molecule has 5 nitrogen and oxygen atoms in total. The lowest BCUT2D eigenvalue weighted by molar-refractivity contribution is 0.0688. The van der Waals surface area contributed by atoms with E-state index in [2.05, 4.69) is 4.98 Å². The fraction of sp³-hybridized carbons (Fsp3) is 0.194. The molecule has 4 aromatic rings. The van der Waals surface area contributed by atoms with Gasteiger partial charge >= 0.3 is 5.97 Å². The fourth-order valence-corrected chi connectivity index (χ4v) is 5.10. The Morgan fingerprint density at radius 3 is 1.88 bits per heavy atom. The molecule has 11 heteroatoms. The smallest absolute Gasteiger partial charge is 0.346 e.